The Balaban J connectivity index is 1.32. The second-order valence-corrected chi connectivity index (χ2v) is 8.22. The van der Waals surface area contributed by atoms with Crippen molar-refractivity contribution in [3.8, 4) is 23.1 Å². The van der Waals surface area contributed by atoms with Crippen LogP contribution in [0.4, 0.5) is 4.39 Å². The third-order valence-corrected chi connectivity index (χ3v) is 5.33. The average molecular weight is 451 g/mol. The van der Waals surface area contributed by atoms with Gasteiger partial charge in [0.05, 0.1) is 12.6 Å². The fourth-order valence-corrected chi connectivity index (χ4v) is 3.27. The summed E-state index contributed by atoms with van der Waals surface area (Å²) in [4.78, 5) is 15.4. The molecule has 0 bridgehead atoms. The van der Waals surface area contributed by atoms with Gasteiger partial charge in [0.25, 0.3) is 0 Å². The van der Waals surface area contributed by atoms with E-state index >= 15 is 0 Å². The van der Waals surface area contributed by atoms with Crippen molar-refractivity contribution in [2.75, 3.05) is 6.61 Å². The zero-order valence-corrected chi connectivity index (χ0v) is 18.7. The zero-order chi connectivity index (χ0) is 23.2. The van der Waals surface area contributed by atoms with Gasteiger partial charge in [0.1, 0.15) is 29.7 Å². The lowest BCUT2D eigenvalue weighted by molar-refractivity contribution is -0.119. The molecule has 1 atom stereocenters. The number of rotatable bonds is 10. The van der Waals surface area contributed by atoms with E-state index in [1.54, 1.807) is 42.6 Å². The molecule has 7 heteroatoms. The van der Waals surface area contributed by atoms with E-state index in [4.69, 9.17) is 14.2 Å². The number of nitrogens with one attached hydrogen (secondary N) is 1. The fraction of sp³-hybridized carbons (Fsp3) is 0.308. The van der Waals surface area contributed by atoms with E-state index in [2.05, 4.69) is 10.3 Å². The van der Waals surface area contributed by atoms with Gasteiger partial charge in [-0.05, 0) is 61.6 Å². The highest BCUT2D eigenvalue weighted by Gasteiger charge is 2.22. The normalized spacial score (nSPS) is 13.8. The Hall–Kier alpha value is -3.61. The van der Waals surface area contributed by atoms with E-state index in [0.717, 1.165) is 5.56 Å². The smallest absolute Gasteiger partial charge is 0.222 e. The van der Waals surface area contributed by atoms with Crippen LogP contribution in [0.15, 0.2) is 60.8 Å². The Bertz CT molecular complexity index is 1100. The van der Waals surface area contributed by atoms with Gasteiger partial charge >= 0.3 is 0 Å². The number of halogens is 1. The Morgan fingerprint density at radius 2 is 1.82 bits per heavy atom. The lowest BCUT2D eigenvalue weighted by atomic mass is 10.1. The predicted molar refractivity (Wildman–Crippen MR) is 122 cm³/mol. The molecule has 1 fully saturated rings. The van der Waals surface area contributed by atoms with Crippen molar-refractivity contribution in [1.82, 2.24) is 10.3 Å². The number of aromatic nitrogens is 1. The first-order valence-electron chi connectivity index (χ1n) is 11.0. The minimum Gasteiger partial charge on any atom is -0.493 e. The Morgan fingerprint density at radius 3 is 2.52 bits per heavy atom. The first-order valence-corrected chi connectivity index (χ1v) is 11.0. The Labute approximate surface area is 192 Å². The first kappa shape index (κ1) is 22.6. The van der Waals surface area contributed by atoms with Gasteiger partial charge in [0.15, 0.2) is 0 Å². The number of hydrogen-bond acceptors (Lipinski definition) is 5. The number of amides is 1. The molecule has 172 valence electrons. The van der Waals surface area contributed by atoms with Crippen LogP contribution in [-0.2, 0) is 11.4 Å². The van der Waals surface area contributed by atoms with Gasteiger partial charge in [-0.25, -0.2) is 9.37 Å². The van der Waals surface area contributed by atoms with Gasteiger partial charge < -0.3 is 19.5 Å². The van der Waals surface area contributed by atoms with Crippen LogP contribution in [0.5, 0.6) is 23.1 Å². The molecule has 1 heterocycles. The second-order valence-electron chi connectivity index (χ2n) is 8.22. The number of hydrogen-bond donors (Lipinski definition) is 1. The van der Waals surface area contributed by atoms with Crippen molar-refractivity contribution < 1.29 is 23.4 Å². The van der Waals surface area contributed by atoms with Crippen LogP contribution in [0.1, 0.15) is 43.9 Å². The van der Waals surface area contributed by atoms with Gasteiger partial charge in [0, 0.05) is 30.8 Å². The lowest BCUT2D eigenvalue weighted by Gasteiger charge is -2.14. The van der Waals surface area contributed by atoms with E-state index in [-0.39, 0.29) is 18.6 Å². The highest BCUT2D eigenvalue weighted by Crippen LogP contribution is 2.30. The number of nitrogens with zero attached hydrogens (tertiary/aromatic N) is 1. The fourth-order valence-electron chi connectivity index (χ4n) is 3.27. The zero-order valence-electron chi connectivity index (χ0n) is 18.7. The number of ether oxygens (including phenoxy) is 3. The standard InChI is InChI=1S/C26H27FN2O4/c1-17(29-18(2)30)20-5-8-22(9-6-20)32-16-21-7-10-24(13-25(21)27)33-26-14-23(11-12-28-26)31-15-19-3-4-19/h5-14,17,19H,3-4,15-16H2,1-2H3,(H,29,30). The molecular weight excluding hydrogens is 423 g/mol. The molecular formula is C26H27FN2O4. The maximum Gasteiger partial charge on any atom is 0.222 e. The van der Waals surface area contributed by atoms with Crippen molar-refractivity contribution >= 4 is 5.91 Å². The lowest BCUT2D eigenvalue weighted by Crippen LogP contribution is -2.23. The number of pyridine rings is 1. The van der Waals surface area contributed by atoms with Crippen molar-refractivity contribution in [2.45, 2.75) is 39.3 Å². The molecule has 2 aromatic carbocycles. The van der Waals surface area contributed by atoms with E-state index in [0.29, 0.717) is 41.2 Å². The Kier molecular flexibility index (Phi) is 7.07. The molecule has 1 aliphatic carbocycles. The predicted octanol–water partition coefficient (Wildman–Crippen LogP) is 5.58. The van der Waals surface area contributed by atoms with E-state index < -0.39 is 5.82 Å². The molecule has 1 N–H and O–H groups in total. The first-order chi connectivity index (χ1) is 16.0. The average Bonchev–Trinajstić information content (AvgIpc) is 3.62. The van der Waals surface area contributed by atoms with Crippen LogP contribution in [0.2, 0.25) is 0 Å². The summed E-state index contributed by atoms with van der Waals surface area (Å²) in [6.07, 6.45) is 4.04. The molecule has 1 unspecified atom stereocenters. The van der Waals surface area contributed by atoms with Crippen molar-refractivity contribution in [2.24, 2.45) is 5.92 Å². The van der Waals surface area contributed by atoms with Gasteiger partial charge in [-0.3, -0.25) is 4.79 Å². The summed E-state index contributed by atoms with van der Waals surface area (Å²) in [5, 5.41) is 2.83. The van der Waals surface area contributed by atoms with Crippen molar-refractivity contribution in [1.29, 1.82) is 0 Å². The molecule has 3 aromatic rings. The highest BCUT2D eigenvalue weighted by molar-refractivity contribution is 5.73. The van der Waals surface area contributed by atoms with Crippen molar-refractivity contribution in [3.63, 3.8) is 0 Å². The quantitative estimate of drug-likeness (QED) is 0.437. The number of carbonyl (C=O) groups excluding carboxylic acids is 1. The Morgan fingerprint density at radius 1 is 1.06 bits per heavy atom. The van der Waals surface area contributed by atoms with Gasteiger partial charge in [-0.1, -0.05) is 12.1 Å². The van der Waals surface area contributed by atoms with Gasteiger partial charge in [-0.15, -0.1) is 0 Å². The van der Waals surface area contributed by atoms with Crippen LogP contribution in [-0.4, -0.2) is 17.5 Å². The summed E-state index contributed by atoms with van der Waals surface area (Å²) >= 11 is 0. The maximum absolute atomic E-state index is 14.6. The third kappa shape index (κ3) is 6.68. The molecule has 0 aliphatic heterocycles. The van der Waals surface area contributed by atoms with Crippen LogP contribution in [0, 0.1) is 11.7 Å². The van der Waals surface area contributed by atoms with Crippen molar-refractivity contribution in [3.05, 3.63) is 77.7 Å². The third-order valence-electron chi connectivity index (χ3n) is 5.33. The van der Waals surface area contributed by atoms with E-state index in [9.17, 15) is 9.18 Å². The summed E-state index contributed by atoms with van der Waals surface area (Å²) in [7, 11) is 0. The molecule has 0 spiro atoms. The number of carbonyl (C=O) groups is 1. The van der Waals surface area contributed by atoms with Crippen LogP contribution in [0.25, 0.3) is 0 Å². The number of benzene rings is 2. The summed E-state index contributed by atoms with van der Waals surface area (Å²) in [5.41, 5.74) is 1.37. The van der Waals surface area contributed by atoms with Crippen LogP contribution >= 0.6 is 0 Å². The molecule has 6 nitrogen and oxygen atoms in total. The molecule has 1 amide bonds. The molecule has 1 aromatic heterocycles. The van der Waals surface area contributed by atoms with Gasteiger partial charge in [-0.2, -0.15) is 0 Å². The molecule has 33 heavy (non-hydrogen) atoms. The molecule has 4 rings (SSSR count). The van der Waals surface area contributed by atoms with E-state index in [1.807, 2.05) is 19.1 Å². The summed E-state index contributed by atoms with van der Waals surface area (Å²) in [6.45, 7) is 4.17. The minimum atomic E-state index is -0.426. The minimum absolute atomic E-state index is 0.0788. The maximum atomic E-state index is 14.6. The summed E-state index contributed by atoms with van der Waals surface area (Å²) in [6, 6.07) is 15.4. The summed E-state index contributed by atoms with van der Waals surface area (Å²) < 4.78 is 31.7. The van der Waals surface area contributed by atoms with Crippen LogP contribution < -0.4 is 19.5 Å². The molecule has 1 saturated carbocycles. The summed E-state index contributed by atoms with van der Waals surface area (Å²) in [5.74, 6) is 2.13. The second kappa shape index (κ2) is 10.3. The van der Waals surface area contributed by atoms with E-state index in [1.165, 1.54) is 25.8 Å². The van der Waals surface area contributed by atoms with Crippen LogP contribution in [0.3, 0.4) is 0 Å². The highest BCUT2D eigenvalue weighted by atomic mass is 19.1. The molecule has 0 radical (unpaired) electrons. The molecule has 0 saturated heterocycles. The SMILES string of the molecule is CC(=O)NC(C)c1ccc(OCc2ccc(Oc3cc(OCC4CC4)ccn3)cc2F)cc1. The molecule has 1 aliphatic rings. The monoisotopic (exact) mass is 450 g/mol. The van der Waals surface area contributed by atoms with Gasteiger partial charge in [0.2, 0.25) is 11.8 Å². The topological polar surface area (TPSA) is 69.7 Å². The largest absolute Gasteiger partial charge is 0.493 e.